The standard InChI is InChI=1S/C14H28N4O2/c1-6-15-12(14(19-7-2)20-8-3)9-13-16-10-17-18(13)11(4)5/h10-12,14-15H,6-9H2,1-5H3. The Kier molecular flexibility index (Phi) is 7.72. The van der Waals surface area contributed by atoms with E-state index in [2.05, 4.69) is 36.2 Å². The minimum atomic E-state index is -0.262. The van der Waals surface area contributed by atoms with Crippen molar-refractivity contribution < 1.29 is 9.47 Å². The van der Waals surface area contributed by atoms with E-state index in [-0.39, 0.29) is 12.3 Å². The molecule has 0 aliphatic rings. The van der Waals surface area contributed by atoms with Crippen LogP contribution in [0.4, 0.5) is 0 Å². The number of likely N-dealkylation sites (N-methyl/N-ethyl adjacent to an activating group) is 1. The van der Waals surface area contributed by atoms with Crippen molar-refractivity contribution in [3.8, 4) is 0 Å². The van der Waals surface area contributed by atoms with Gasteiger partial charge in [0.15, 0.2) is 6.29 Å². The number of hydrogen-bond acceptors (Lipinski definition) is 5. The lowest BCUT2D eigenvalue weighted by molar-refractivity contribution is -0.153. The van der Waals surface area contributed by atoms with E-state index in [1.807, 2.05) is 18.5 Å². The molecule has 1 unspecified atom stereocenters. The van der Waals surface area contributed by atoms with Crippen LogP contribution in [0.2, 0.25) is 0 Å². The highest BCUT2D eigenvalue weighted by atomic mass is 16.7. The highest BCUT2D eigenvalue weighted by molar-refractivity contribution is 4.92. The lowest BCUT2D eigenvalue weighted by atomic mass is 10.1. The van der Waals surface area contributed by atoms with Gasteiger partial charge in [0, 0.05) is 25.7 Å². The van der Waals surface area contributed by atoms with Gasteiger partial charge in [0.1, 0.15) is 12.2 Å². The van der Waals surface area contributed by atoms with Crippen LogP contribution in [0.15, 0.2) is 6.33 Å². The van der Waals surface area contributed by atoms with Crippen molar-refractivity contribution in [3.63, 3.8) is 0 Å². The quantitative estimate of drug-likeness (QED) is 0.664. The summed E-state index contributed by atoms with van der Waals surface area (Å²) in [7, 11) is 0. The molecule has 0 saturated heterocycles. The van der Waals surface area contributed by atoms with E-state index in [4.69, 9.17) is 9.47 Å². The molecule has 1 heterocycles. The summed E-state index contributed by atoms with van der Waals surface area (Å²) in [5.74, 6) is 0.954. The molecule has 0 saturated carbocycles. The fourth-order valence-corrected chi connectivity index (χ4v) is 2.18. The molecule has 0 aliphatic heterocycles. The molecule has 20 heavy (non-hydrogen) atoms. The molecule has 0 amide bonds. The van der Waals surface area contributed by atoms with Gasteiger partial charge in [-0.05, 0) is 34.2 Å². The van der Waals surface area contributed by atoms with Crippen molar-refractivity contribution >= 4 is 0 Å². The maximum atomic E-state index is 5.70. The van der Waals surface area contributed by atoms with Gasteiger partial charge in [-0.2, -0.15) is 5.10 Å². The van der Waals surface area contributed by atoms with Gasteiger partial charge < -0.3 is 14.8 Å². The third-order valence-corrected chi connectivity index (χ3v) is 3.00. The third kappa shape index (κ3) is 4.85. The van der Waals surface area contributed by atoms with Gasteiger partial charge in [-0.3, -0.25) is 0 Å². The fourth-order valence-electron chi connectivity index (χ4n) is 2.18. The molecule has 1 aromatic rings. The molecule has 1 aromatic heterocycles. The van der Waals surface area contributed by atoms with Crippen molar-refractivity contribution in [2.75, 3.05) is 19.8 Å². The molecule has 0 aliphatic carbocycles. The SMILES string of the molecule is CCNC(Cc1ncnn1C(C)C)C(OCC)OCC. The Morgan fingerprint density at radius 2 is 1.85 bits per heavy atom. The lowest BCUT2D eigenvalue weighted by Crippen LogP contribution is -2.45. The highest BCUT2D eigenvalue weighted by Crippen LogP contribution is 2.12. The zero-order valence-corrected chi connectivity index (χ0v) is 13.3. The van der Waals surface area contributed by atoms with E-state index < -0.39 is 0 Å². The molecule has 0 spiro atoms. The summed E-state index contributed by atoms with van der Waals surface area (Å²) in [6.45, 7) is 12.3. The van der Waals surface area contributed by atoms with Crippen molar-refractivity contribution in [2.45, 2.75) is 59.4 Å². The van der Waals surface area contributed by atoms with Gasteiger partial charge in [-0.25, -0.2) is 9.67 Å². The van der Waals surface area contributed by atoms with Gasteiger partial charge in [0.2, 0.25) is 0 Å². The van der Waals surface area contributed by atoms with E-state index in [9.17, 15) is 0 Å². The second-order valence-corrected chi connectivity index (χ2v) is 4.86. The summed E-state index contributed by atoms with van der Waals surface area (Å²) < 4.78 is 13.4. The number of hydrogen-bond donors (Lipinski definition) is 1. The molecule has 0 aromatic carbocycles. The first-order valence-electron chi connectivity index (χ1n) is 7.48. The molecule has 1 rings (SSSR count). The number of aromatic nitrogens is 3. The number of nitrogens with one attached hydrogen (secondary N) is 1. The second kappa shape index (κ2) is 9.05. The van der Waals surface area contributed by atoms with Crippen LogP contribution < -0.4 is 5.32 Å². The molecule has 116 valence electrons. The maximum absolute atomic E-state index is 5.70. The van der Waals surface area contributed by atoms with Crippen molar-refractivity contribution in [1.29, 1.82) is 0 Å². The summed E-state index contributed by atoms with van der Waals surface area (Å²) in [6, 6.07) is 0.369. The van der Waals surface area contributed by atoms with Crippen LogP contribution in [-0.4, -0.2) is 46.9 Å². The Morgan fingerprint density at radius 3 is 2.35 bits per heavy atom. The Balaban J connectivity index is 2.81. The first-order chi connectivity index (χ1) is 9.63. The Hall–Kier alpha value is -0.980. The van der Waals surface area contributed by atoms with Crippen molar-refractivity contribution in [2.24, 2.45) is 0 Å². The van der Waals surface area contributed by atoms with Gasteiger partial charge in [0.05, 0.1) is 6.04 Å². The lowest BCUT2D eigenvalue weighted by Gasteiger charge is -2.27. The number of rotatable bonds is 10. The average molecular weight is 284 g/mol. The van der Waals surface area contributed by atoms with E-state index in [1.54, 1.807) is 6.33 Å². The van der Waals surface area contributed by atoms with Crippen LogP contribution >= 0.6 is 0 Å². The normalized spacial score (nSPS) is 13.3. The van der Waals surface area contributed by atoms with Crippen molar-refractivity contribution in [3.05, 3.63) is 12.2 Å². The summed E-state index contributed by atoms with van der Waals surface area (Å²) in [4.78, 5) is 4.36. The number of nitrogens with zero attached hydrogens (tertiary/aromatic N) is 3. The molecule has 0 radical (unpaired) electrons. The molecule has 0 fully saturated rings. The predicted octanol–water partition coefficient (Wildman–Crippen LogP) is 1.78. The minimum absolute atomic E-state index is 0.0709. The van der Waals surface area contributed by atoms with E-state index >= 15 is 0 Å². The van der Waals surface area contributed by atoms with Crippen LogP contribution in [0.5, 0.6) is 0 Å². The third-order valence-electron chi connectivity index (χ3n) is 3.00. The Bertz CT molecular complexity index is 362. The first kappa shape index (κ1) is 17.1. The van der Waals surface area contributed by atoms with E-state index in [1.165, 1.54) is 0 Å². The van der Waals surface area contributed by atoms with Crippen LogP contribution in [0.25, 0.3) is 0 Å². The topological polar surface area (TPSA) is 61.2 Å². The average Bonchev–Trinajstić information content (AvgIpc) is 2.86. The first-order valence-corrected chi connectivity index (χ1v) is 7.48. The van der Waals surface area contributed by atoms with Crippen LogP contribution in [-0.2, 0) is 15.9 Å². The fraction of sp³-hybridized carbons (Fsp3) is 0.857. The molecule has 6 nitrogen and oxygen atoms in total. The smallest absolute Gasteiger partial charge is 0.173 e. The summed E-state index contributed by atoms with van der Waals surface area (Å²) in [5, 5.41) is 7.70. The summed E-state index contributed by atoms with van der Waals surface area (Å²) >= 11 is 0. The highest BCUT2D eigenvalue weighted by Gasteiger charge is 2.24. The molecular formula is C14H28N4O2. The molecule has 0 bridgehead atoms. The maximum Gasteiger partial charge on any atom is 0.173 e. The van der Waals surface area contributed by atoms with Gasteiger partial charge >= 0.3 is 0 Å². The minimum Gasteiger partial charge on any atom is -0.351 e. The largest absolute Gasteiger partial charge is 0.351 e. The van der Waals surface area contributed by atoms with E-state index in [0.717, 1.165) is 18.8 Å². The second-order valence-electron chi connectivity index (χ2n) is 4.86. The predicted molar refractivity (Wildman–Crippen MR) is 78.6 cm³/mol. The van der Waals surface area contributed by atoms with Crippen LogP contribution in [0, 0.1) is 0 Å². The Morgan fingerprint density at radius 1 is 1.20 bits per heavy atom. The molecule has 1 atom stereocenters. The van der Waals surface area contributed by atoms with Crippen molar-refractivity contribution in [1.82, 2.24) is 20.1 Å². The van der Waals surface area contributed by atoms with E-state index in [0.29, 0.717) is 19.3 Å². The van der Waals surface area contributed by atoms with Crippen LogP contribution in [0.3, 0.4) is 0 Å². The van der Waals surface area contributed by atoms with Crippen LogP contribution in [0.1, 0.15) is 46.5 Å². The molecule has 6 heteroatoms. The summed E-state index contributed by atoms with van der Waals surface area (Å²) in [6.07, 6.45) is 2.08. The Labute approximate surface area is 121 Å². The zero-order chi connectivity index (χ0) is 15.0. The zero-order valence-electron chi connectivity index (χ0n) is 13.3. The monoisotopic (exact) mass is 284 g/mol. The summed E-state index contributed by atoms with van der Waals surface area (Å²) in [5.41, 5.74) is 0. The van der Waals surface area contributed by atoms with Gasteiger partial charge in [-0.1, -0.05) is 6.92 Å². The molecular weight excluding hydrogens is 256 g/mol. The van der Waals surface area contributed by atoms with Gasteiger partial charge in [0.25, 0.3) is 0 Å². The molecule has 1 N–H and O–H groups in total. The van der Waals surface area contributed by atoms with Gasteiger partial charge in [-0.15, -0.1) is 0 Å². The number of ether oxygens (including phenoxy) is 2.